The van der Waals surface area contributed by atoms with E-state index < -0.39 is 0 Å². The number of likely N-dealkylation sites (N-methyl/N-ethyl adjacent to an activating group) is 1. The second kappa shape index (κ2) is 9.30. The molecule has 0 bridgehead atoms. The van der Waals surface area contributed by atoms with Crippen molar-refractivity contribution in [2.45, 2.75) is 20.0 Å². The van der Waals surface area contributed by atoms with Crippen molar-refractivity contribution in [3.8, 4) is 5.75 Å². The van der Waals surface area contributed by atoms with Crippen LogP contribution in [-0.2, 0) is 13.1 Å². The Morgan fingerprint density at radius 3 is 2.58 bits per heavy atom. The number of urea groups is 1. The minimum atomic E-state index is -0.177. The smallest absolute Gasteiger partial charge is 0.315 e. The number of carbonyl (C=O) groups excluding carboxylic acids is 1. The number of hydrogen-bond donors (Lipinski definition) is 2. The average Bonchev–Trinajstić information content (AvgIpc) is 2.97. The number of rotatable bonds is 8. The van der Waals surface area contributed by atoms with Crippen LogP contribution in [0.2, 0.25) is 0 Å². The molecule has 2 amide bonds. The Balaban J connectivity index is 1.79. The van der Waals surface area contributed by atoms with Gasteiger partial charge in [-0.25, -0.2) is 4.79 Å². The molecule has 0 fully saturated rings. The van der Waals surface area contributed by atoms with Crippen LogP contribution in [0.1, 0.15) is 15.3 Å². The summed E-state index contributed by atoms with van der Waals surface area (Å²) in [5, 5.41) is 5.75. The topological polar surface area (TPSA) is 53.6 Å². The summed E-state index contributed by atoms with van der Waals surface area (Å²) in [6.07, 6.45) is 0. The number of thiophene rings is 1. The van der Waals surface area contributed by atoms with Gasteiger partial charge >= 0.3 is 6.03 Å². The third-order valence-electron chi connectivity index (χ3n) is 3.43. The zero-order valence-electron chi connectivity index (χ0n) is 14.5. The highest BCUT2D eigenvalue weighted by Crippen LogP contribution is 2.17. The fourth-order valence-corrected chi connectivity index (χ4v) is 2.94. The second-order valence-corrected chi connectivity index (χ2v) is 7.18. The van der Waals surface area contributed by atoms with Crippen LogP contribution < -0.4 is 15.4 Å². The van der Waals surface area contributed by atoms with Gasteiger partial charge in [-0.1, -0.05) is 18.2 Å². The Morgan fingerprint density at radius 2 is 1.88 bits per heavy atom. The lowest BCUT2D eigenvalue weighted by atomic mass is 10.2. The van der Waals surface area contributed by atoms with Gasteiger partial charge in [-0.05, 0) is 39.2 Å². The van der Waals surface area contributed by atoms with Crippen molar-refractivity contribution in [1.29, 1.82) is 0 Å². The maximum atomic E-state index is 11.9. The molecule has 2 N–H and O–H groups in total. The van der Waals surface area contributed by atoms with Gasteiger partial charge in [0.1, 0.15) is 12.4 Å². The van der Waals surface area contributed by atoms with Gasteiger partial charge in [-0.15, -0.1) is 11.3 Å². The molecule has 1 aromatic carbocycles. The van der Waals surface area contributed by atoms with Crippen LogP contribution in [0.4, 0.5) is 4.79 Å². The first kappa shape index (κ1) is 18.3. The van der Waals surface area contributed by atoms with Crippen molar-refractivity contribution in [3.63, 3.8) is 0 Å². The Hall–Kier alpha value is -2.05. The number of nitrogens with one attached hydrogen (secondary N) is 2. The van der Waals surface area contributed by atoms with Gasteiger partial charge in [-0.3, -0.25) is 0 Å². The van der Waals surface area contributed by atoms with E-state index >= 15 is 0 Å². The summed E-state index contributed by atoms with van der Waals surface area (Å²) in [7, 11) is 4.02. The summed E-state index contributed by atoms with van der Waals surface area (Å²) < 4.78 is 5.80. The van der Waals surface area contributed by atoms with Crippen molar-refractivity contribution < 1.29 is 9.53 Å². The summed E-state index contributed by atoms with van der Waals surface area (Å²) in [5.41, 5.74) is 0.971. The summed E-state index contributed by atoms with van der Waals surface area (Å²) in [5.74, 6) is 0.813. The summed E-state index contributed by atoms with van der Waals surface area (Å²) in [6, 6.07) is 11.7. The molecule has 1 heterocycles. The number of benzene rings is 1. The van der Waals surface area contributed by atoms with Crippen LogP contribution in [0, 0.1) is 6.92 Å². The van der Waals surface area contributed by atoms with E-state index in [0.29, 0.717) is 19.7 Å². The molecule has 0 aliphatic rings. The molecule has 6 heteroatoms. The van der Waals surface area contributed by atoms with Crippen LogP contribution in [0.25, 0.3) is 0 Å². The molecule has 1 aromatic heterocycles. The Kier molecular flexibility index (Phi) is 7.08. The predicted octanol–water partition coefficient (Wildman–Crippen LogP) is 3.00. The molecule has 0 aliphatic heterocycles. The monoisotopic (exact) mass is 347 g/mol. The van der Waals surface area contributed by atoms with E-state index in [1.807, 2.05) is 44.4 Å². The zero-order chi connectivity index (χ0) is 17.4. The molecular formula is C18H25N3O2S. The van der Waals surface area contributed by atoms with Gasteiger partial charge in [0.2, 0.25) is 0 Å². The maximum Gasteiger partial charge on any atom is 0.315 e. The number of aryl methyl sites for hydroxylation is 1. The molecule has 2 aromatic rings. The Bertz CT molecular complexity index is 655. The van der Waals surface area contributed by atoms with Gasteiger partial charge in [-0.2, -0.15) is 0 Å². The van der Waals surface area contributed by atoms with Gasteiger partial charge in [0, 0.05) is 28.4 Å². The number of hydrogen-bond acceptors (Lipinski definition) is 4. The molecule has 0 saturated heterocycles. The molecule has 0 saturated carbocycles. The largest absolute Gasteiger partial charge is 0.492 e. The van der Waals surface area contributed by atoms with Crippen molar-refractivity contribution in [3.05, 3.63) is 51.7 Å². The van der Waals surface area contributed by atoms with E-state index in [9.17, 15) is 4.79 Å². The minimum Gasteiger partial charge on any atom is -0.492 e. The lowest BCUT2D eigenvalue weighted by Crippen LogP contribution is -2.34. The zero-order valence-corrected chi connectivity index (χ0v) is 15.3. The highest BCUT2D eigenvalue weighted by Gasteiger charge is 2.06. The predicted molar refractivity (Wildman–Crippen MR) is 98.6 cm³/mol. The maximum absolute atomic E-state index is 11.9. The molecular weight excluding hydrogens is 322 g/mol. The summed E-state index contributed by atoms with van der Waals surface area (Å²) in [4.78, 5) is 16.4. The third kappa shape index (κ3) is 6.22. The van der Waals surface area contributed by atoms with Crippen LogP contribution in [0.15, 0.2) is 36.4 Å². The average molecular weight is 347 g/mol. The number of para-hydroxylation sites is 1. The number of amides is 2. The fourth-order valence-electron chi connectivity index (χ4n) is 2.11. The number of ether oxygens (including phenoxy) is 1. The van der Waals surface area contributed by atoms with E-state index in [4.69, 9.17) is 4.74 Å². The van der Waals surface area contributed by atoms with Crippen LogP contribution in [0.3, 0.4) is 0 Å². The quantitative estimate of drug-likeness (QED) is 0.772. The van der Waals surface area contributed by atoms with Crippen molar-refractivity contribution >= 4 is 17.4 Å². The van der Waals surface area contributed by atoms with Gasteiger partial charge < -0.3 is 20.3 Å². The SMILES string of the molecule is Cc1ccc(CNC(=O)NCc2ccccc2OCCN(C)C)s1. The summed E-state index contributed by atoms with van der Waals surface area (Å²) >= 11 is 1.69. The van der Waals surface area contributed by atoms with E-state index in [-0.39, 0.29) is 6.03 Å². The Labute approximate surface area is 147 Å². The standard InChI is InChI=1S/C18H25N3O2S/c1-14-8-9-16(24-14)13-20-18(22)19-12-15-6-4-5-7-17(15)23-11-10-21(2)3/h4-9H,10-13H2,1-3H3,(H2,19,20,22). The molecule has 0 aliphatic carbocycles. The Morgan fingerprint density at radius 1 is 1.12 bits per heavy atom. The van der Waals surface area contributed by atoms with E-state index in [0.717, 1.165) is 22.7 Å². The van der Waals surface area contributed by atoms with Gasteiger partial charge in [0.25, 0.3) is 0 Å². The molecule has 24 heavy (non-hydrogen) atoms. The highest BCUT2D eigenvalue weighted by molar-refractivity contribution is 7.11. The van der Waals surface area contributed by atoms with Crippen molar-refractivity contribution in [2.75, 3.05) is 27.2 Å². The fraction of sp³-hybridized carbons (Fsp3) is 0.389. The minimum absolute atomic E-state index is 0.177. The summed E-state index contributed by atoms with van der Waals surface area (Å²) in [6.45, 7) is 4.51. The lowest BCUT2D eigenvalue weighted by Gasteiger charge is -2.14. The van der Waals surface area contributed by atoms with E-state index in [2.05, 4.69) is 28.5 Å². The van der Waals surface area contributed by atoms with Crippen molar-refractivity contribution in [2.24, 2.45) is 0 Å². The lowest BCUT2D eigenvalue weighted by molar-refractivity contribution is 0.239. The highest BCUT2D eigenvalue weighted by atomic mass is 32.1. The first-order chi connectivity index (χ1) is 11.5. The van der Waals surface area contributed by atoms with Crippen LogP contribution in [-0.4, -0.2) is 38.2 Å². The molecule has 2 rings (SSSR count). The molecule has 0 spiro atoms. The normalized spacial score (nSPS) is 10.7. The van der Waals surface area contributed by atoms with Crippen LogP contribution >= 0.6 is 11.3 Å². The van der Waals surface area contributed by atoms with Gasteiger partial charge in [0.05, 0.1) is 6.54 Å². The second-order valence-electron chi connectivity index (χ2n) is 5.81. The molecule has 130 valence electrons. The van der Waals surface area contributed by atoms with E-state index in [1.165, 1.54) is 4.88 Å². The van der Waals surface area contributed by atoms with Crippen molar-refractivity contribution in [1.82, 2.24) is 15.5 Å². The first-order valence-corrected chi connectivity index (χ1v) is 8.78. The molecule has 0 unspecified atom stereocenters. The number of nitrogens with zero attached hydrogens (tertiary/aromatic N) is 1. The van der Waals surface area contributed by atoms with E-state index in [1.54, 1.807) is 11.3 Å². The van der Waals surface area contributed by atoms with Gasteiger partial charge in [0.15, 0.2) is 0 Å². The number of carbonyl (C=O) groups is 1. The molecule has 5 nitrogen and oxygen atoms in total. The molecule has 0 radical (unpaired) electrons. The van der Waals surface area contributed by atoms with Crippen LogP contribution in [0.5, 0.6) is 5.75 Å². The third-order valence-corrected chi connectivity index (χ3v) is 4.43. The molecule has 0 atom stereocenters. The first-order valence-electron chi connectivity index (χ1n) is 7.97.